The van der Waals surface area contributed by atoms with Crippen molar-refractivity contribution in [2.75, 3.05) is 5.32 Å². The van der Waals surface area contributed by atoms with Gasteiger partial charge in [-0.1, -0.05) is 19.1 Å². The molecule has 1 amide bonds. The summed E-state index contributed by atoms with van der Waals surface area (Å²) < 4.78 is 11.1. The second-order valence-corrected chi connectivity index (χ2v) is 6.88. The number of fused-ring (bicyclic) bond motifs is 1. The highest BCUT2D eigenvalue weighted by molar-refractivity contribution is 5.88. The van der Waals surface area contributed by atoms with Gasteiger partial charge in [0.2, 0.25) is 5.89 Å². The molecule has 0 fully saturated rings. The van der Waals surface area contributed by atoms with Crippen LogP contribution in [0.2, 0.25) is 0 Å². The Kier molecular flexibility index (Phi) is 4.49. The van der Waals surface area contributed by atoms with Crippen molar-refractivity contribution >= 4 is 22.9 Å². The van der Waals surface area contributed by atoms with Crippen LogP contribution in [0.3, 0.4) is 0 Å². The molecule has 0 bridgehead atoms. The first kappa shape index (κ1) is 17.0. The van der Waals surface area contributed by atoms with Gasteiger partial charge < -0.3 is 9.15 Å². The topological polar surface area (TPSA) is 64.4 Å². The summed E-state index contributed by atoms with van der Waals surface area (Å²) in [5.41, 5.74) is 3.62. The van der Waals surface area contributed by atoms with E-state index in [0.29, 0.717) is 22.7 Å². The summed E-state index contributed by atoms with van der Waals surface area (Å²) in [5.74, 6) is 0.562. The number of carbonyl (C=O) groups excluding carboxylic acids is 1. The van der Waals surface area contributed by atoms with Gasteiger partial charge in [-0.05, 0) is 63.1 Å². The molecule has 2 aromatic carbocycles. The van der Waals surface area contributed by atoms with Gasteiger partial charge in [-0.25, -0.2) is 9.78 Å². The van der Waals surface area contributed by atoms with E-state index in [1.165, 1.54) is 5.56 Å². The molecule has 25 heavy (non-hydrogen) atoms. The Hall–Kier alpha value is -2.82. The summed E-state index contributed by atoms with van der Waals surface area (Å²) in [7, 11) is 0. The number of nitrogens with one attached hydrogen (secondary N) is 1. The summed E-state index contributed by atoms with van der Waals surface area (Å²) in [6.07, 6.45) is 0.499. The van der Waals surface area contributed by atoms with Crippen molar-refractivity contribution in [3.63, 3.8) is 0 Å². The standard InChI is InChI=1S/C20H22N2O3/c1-5-13-6-8-14(9-7-13)18-22-16-12-15(10-11-17(16)24-18)21-19(23)25-20(2,3)4/h6-12H,5H2,1-4H3,(H,21,23). The smallest absolute Gasteiger partial charge is 0.412 e. The Balaban J connectivity index is 1.82. The van der Waals surface area contributed by atoms with Crippen molar-refractivity contribution in [2.24, 2.45) is 0 Å². The number of aryl methyl sites for hydroxylation is 1. The Morgan fingerprint density at radius 3 is 2.52 bits per heavy atom. The van der Waals surface area contributed by atoms with Crippen LogP contribution in [0.4, 0.5) is 10.5 Å². The minimum atomic E-state index is -0.542. The summed E-state index contributed by atoms with van der Waals surface area (Å²) in [6.45, 7) is 7.59. The van der Waals surface area contributed by atoms with Crippen LogP contribution in [0.25, 0.3) is 22.6 Å². The first-order chi connectivity index (χ1) is 11.8. The maximum absolute atomic E-state index is 11.9. The van der Waals surface area contributed by atoms with Crippen LogP contribution in [-0.4, -0.2) is 16.7 Å². The predicted octanol–water partition coefficient (Wildman–Crippen LogP) is 5.40. The minimum absolute atomic E-state index is 0.495. The second-order valence-electron chi connectivity index (χ2n) is 6.88. The van der Waals surface area contributed by atoms with E-state index in [9.17, 15) is 4.79 Å². The fourth-order valence-electron chi connectivity index (χ4n) is 2.43. The van der Waals surface area contributed by atoms with Crippen molar-refractivity contribution in [3.8, 4) is 11.5 Å². The Morgan fingerprint density at radius 1 is 1.16 bits per heavy atom. The highest BCUT2D eigenvalue weighted by Gasteiger charge is 2.16. The molecule has 1 N–H and O–H groups in total. The zero-order valence-corrected chi connectivity index (χ0v) is 14.9. The van der Waals surface area contributed by atoms with Gasteiger partial charge in [-0.3, -0.25) is 5.32 Å². The van der Waals surface area contributed by atoms with Crippen molar-refractivity contribution in [1.82, 2.24) is 4.98 Å². The lowest BCUT2D eigenvalue weighted by Crippen LogP contribution is -2.27. The summed E-state index contributed by atoms with van der Waals surface area (Å²) in [4.78, 5) is 16.4. The van der Waals surface area contributed by atoms with Gasteiger partial charge in [-0.2, -0.15) is 0 Å². The van der Waals surface area contributed by atoms with Gasteiger partial charge in [0.1, 0.15) is 11.1 Å². The van der Waals surface area contributed by atoms with Gasteiger partial charge in [0.25, 0.3) is 0 Å². The summed E-state index contributed by atoms with van der Waals surface area (Å²) in [5, 5.41) is 2.71. The van der Waals surface area contributed by atoms with E-state index in [1.807, 2.05) is 32.9 Å². The number of hydrogen-bond acceptors (Lipinski definition) is 4. The predicted molar refractivity (Wildman–Crippen MR) is 98.7 cm³/mol. The molecule has 0 aliphatic heterocycles. The molecule has 0 atom stereocenters. The molecule has 0 saturated heterocycles. The molecular formula is C20H22N2O3. The quantitative estimate of drug-likeness (QED) is 0.694. The Labute approximate surface area is 147 Å². The molecule has 5 nitrogen and oxygen atoms in total. The van der Waals surface area contributed by atoms with Crippen molar-refractivity contribution < 1.29 is 13.9 Å². The number of anilines is 1. The minimum Gasteiger partial charge on any atom is -0.444 e. The fraction of sp³-hybridized carbons (Fsp3) is 0.300. The van der Waals surface area contributed by atoms with Crippen molar-refractivity contribution in [1.29, 1.82) is 0 Å². The first-order valence-corrected chi connectivity index (χ1v) is 8.34. The monoisotopic (exact) mass is 338 g/mol. The maximum atomic E-state index is 11.9. The van der Waals surface area contributed by atoms with Gasteiger partial charge in [-0.15, -0.1) is 0 Å². The SMILES string of the molecule is CCc1ccc(-c2nc3cc(NC(=O)OC(C)(C)C)ccc3o2)cc1. The highest BCUT2D eigenvalue weighted by Crippen LogP contribution is 2.26. The number of rotatable bonds is 3. The molecule has 5 heteroatoms. The van der Waals surface area contributed by atoms with Crippen molar-refractivity contribution in [3.05, 3.63) is 48.0 Å². The van der Waals surface area contributed by atoms with Crippen LogP contribution < -0.4 is 5.32 Å². The van der Waals surface area contributed by atoms with Crippen LogP contribution >= 0.6 is 0 Å². The average molecular weight is 338 g/mol. The lowest BCUT2D eigenvalue weighted by molar-refractivity contribution is 0.0636. The molecule has 130 valence electrons. The Morgan fingerprint density at radius 2 is 1.88 bits per heavy atom. The number of nitrogens with zero attached hydrogens (tertiary/aromatic N) is 1. The lowest BCUT2D eigenvalue weighted by atomic mass is 10.1. The third-order valence-corrected chi connectivity index (χ3v) is 3.64. The molecule has 0 saturated carbocycles. The largest absolute Gasteiger partial charge is 0.444 e. The zero-order valence-electron chi connectivity index (χ0n) is 14.9. The van der Waals surface area contributed by atoms with E-state index in [0.717, 1.165) is 12.0 Å². The van der Waals surface area contributed by atoms with Gasteiger partial charge in [0.05, 0.1) is 0 Å². The lowest BCUT2D eigenvalue weighted by Gasteiger charge is -2.19. The number of amides is 1. The number of ether oxygens (including phenoxy) is 1. The van der Waals surface area contributed by atoms with Crippen molar-refractivity contribution in [2.45, 2.75) is 39.7 Å². The molecule has 1 heterocycles. The van der Waals surface area contributed by atoms with Crippen LogP contribution in [0, 0.1) is 0 Å². The van der Waals surface area contributed by atoms with Gasteiger partial charge >= 0.3 is 6.09 Å². The first-order valence-electron chi connectivity index (χ1n) is 8.34. The molecule has 0 unspecified atom stereocenters. The van der Waals surface area contributed by atoms with Crippen LogP contribution in [0.15, 0.2) is 46.9 Å². The molecule has 1 aromatic heterocycles. The summed E-state index contributed by atoms with van der Waals surface area (Å²) in [6, 6.07) is 13.5. The summed E-state index contributed by atoms with van der Waals surface area (Å²) >= 11 is 0. The molecular weight excluding hydrogens is 316 g/mol. The number of hydrogen-bond donors (Lipinski definition) is 1. The Bertz CT molecular complexity index is 889. The molecule has 0 aliphatic rings. The van der Waals surface area contributed by atoms with Crippen LogP contribution in [0.1, 0.15) is 33.3 Å². The van der Waals surface area contributed by atoms with E-state index >= 15 is 0 Å². The number of benzene rings is 2. The van der Waals surface area contributed by atoms with E-state index in [4.69, 9.17) is 9.15 Å². The number of aromatic nitrogens is 1. The average Bonchev–Trinajstić information content (AvgIpc) is 2.96. The van der Waals surface area contributed by atoms with Crippen LogP contribution in [-0.2, 0) is 11.2 Å². The molecule has 0 spiro atoms. The van der Waals surface area contributed by atoms with E-state index in [2.05, 4.69) is 29.4 Å². The molecule has 3 aromatic rings. The molecule has 0 aliphatic carbocycles. The second kappa shape index (κ2) is 6.59. The normalized spacial score (nSPS) is 11.5. The fourth-order valence-corrected chi connectivity index (χ4v) is 2.43. The highest BCUT2D eigenvalue weighted by atomic mass is 16.6. The number of carbonyl (C=O) groups is 1. The van der Waals surface area contributed by atoms with E-state index < -0.39 is 11.7 Å². The van der Waals surface area contributed by atoms with Crippen LogP contribution in [0.5, 0.6) is 0 Å². The zero-order chi connectivity index (χ0) is 18.0. The number of oxazole rings is 1. The maximum Gasteiger partial charge on any atom is 0.412 e. The van der Waals surface area contributed by atoms with E-state index in [-0.39, 0.29) is 0 Å². The third kappa shape index (κ3) is 4.18. The molecule has 0 radical (unpaired) electrons. The van der Waals surface area contributed by atoms with E-state index in [1.54, 1.807) is 18.2 Å². The van der Waals surface area contributed by atoms with Gasteiger partial charge in [0, 0.05) is 11.3 Å². The molecule has 3 rings (SSSR count). The third-order valence-electron chi connectivity index (χ3n) is 3.64. The van der Waals surface area contributed by atoms with Gasteiger partial charge in [0.15, 0.2) is 5.58 Å².